The highest BCUT2D eigenvalue weighted by Crippen LogP contribution is 2.20. The van der Waals surface area contributed by atoms with Crippen LogP contribution in [-0.4, -0.2) is 71.9 Å². The van der Waals surface area contributed by atoms with E-state index in [9.17, 15) is 9.59 Å². The van der Waals surface area contributed by atoms with Gasteiger partial charge in [-0.3, -0.25) is 14.5 Å². The summed E-state index contributed by atoms with van der Waals surface area (Å²) in [6, 6.07) is 12.3. The Hall–Kier alpha value is -2.22. The zero-order valence-corrected chi connectivity index (χ0v) is 19.7. The smallest absolute Gasteiger partial charge is 0.236 e. The molecule has 2 aliphatic heterocycles. The van der Waals surface area contributed by atoms with Gasteiger partial charge in [-0.2, -0.15) is 0 Å². The van der Waals surface area contributed by atoms with E-state index in [1.54, 1.807) is 11.3 Å². The molecule has 2 aliphatic rings. The van der Waals surface area contributed by atoms with Gasteiger partial charge >= 0.3 is 0 Å². The minimum atomic E-state index is -0.0460. The molecule has 0 radical (unpaired) electrons. The van der Waals surface area contributed by atoms with Crippen LogP contribution in [0.3, 0.4) is 0 Å². The summed E-state index contributed by atoms with van der Waals surface area (Å²) < 4.78 is 6.31. The molecule has 0 bridgehead atoms. The molecule has 4 rings (SSSR count). The summed E-state index contributed by atoms with van der Waals surface area (Å²) in [6.45, 7) is 7.43. The maximum absolute atomic E-state index is 13.1. The fourth-order valence-corrected chi connectivity index (χ4v) is 5.39. The number of aryl methyl sites for hydroxylation is 1. The SMILES string of the molecule is Cc1ccsc1CN1CC(=O)N(CCCN2CCCC2=O)CC(OCc2ccccc2)C1. The molecule has 1 unspecified atom stereocenters. The lowest BCUT2D eigenvalue weighted by molar-refractivity contribution is -0.132. The molecule has 0 spiro atoms. The predicted molar refractivity (Wildman–Crippen MR) is 126 cm³/mol. The third kappa shape index (κ3) is 6.18. The van der Waals surface area contributed by atoms with E-state index in [2.05, 4.69) is 35.4 Å². The van der Waals surface area contributed by atoms with E-state index in [-0.39, 0.29) is 17.9 Å². The van der Waals surface area contributed by atoms with Crippen LogP contribution in [0, 0.1) is 6.92 Å². The number of carbonyl (C=O) groups is 2. The van der Waals surface area contributed by atoms with Gasteiger partial charge in [0, 0.05) is 50.6 Å². The fraction of sp³-hybridized carbons (Fsp3) is 0.520. The Morgan fingerprint density at radius 2 is 1.84 bits per heavy atom. The van der Waals surface area contributed by atoms with Gasteiger partial charge < -0.3 is 14.5 Å². The molecule has 2 saturated heterocycles. The summed E-state index contributed by atoms with van der Waals surface area (Å²) in [5, 5.41) is 2.11. The molecule has 7 heteroatoms. The van der Waals surface area contributed by atoms with E-state index in [1.807, 2.05) is 28.0 Å². The molecule has 2 fully saturated rings. The van der Waals surface area contributed by atoms with E-state index in [0.717, 1.165) is 44.6 Å². The topological polar surface area (TPSA) is 53.1 Å². The fourth-order valence-electron chi connectivity index (χ4n) is 4.44. The van der Waals surface area contributed by atoms with Gasteiger partial charge in [-0.1, -0.05) is 30.3 Å². The van der Waals surface area contributed by atoms with Crippen LogP contribution >= 0.6 is 11.3 Å². The van der Waals surface area contributed by atoms with Crippen LogP contribution in [0.1, 0.15) is 35.3 Å². The Kier molecular flexibility index (Phi) is 7.95. The highest BCUT2D eigenvalue weighted by molar-refractivity contribution is 7.10. The first-order chi connectivity index (χ1) is 15.6. The van der Waals surface area contributed by atoms with Crippen LogP contribution in [0.5, 0.6) is 0 Å². The number of carbonyl (C=O) groups excluding carboxylic acids is 2. The third-order valence-electron chi connectivity index (χ3n) is 6.29. The van der Waals surface area contributed by atoms with E-state index in [4.69, 9.17) is 4.74 Å². The number of hydrogen-bond donors (Lipinski definition) is 0. The van der Waals surface area contributed by atoms with E-state index in [1.165, 1.54) is 10.4 Å². The molecule has 2 aromatic rings. The van der Waals surface area contributed by atoms with Crippen LogP contribution in [0.15, 0.2) is 41.8 Å². The molecule has 0 N–H and O–H groups in total. The minimum Gasteiger partial charge on any atom is -0.370 e. The van der Waals surface area contributed by atoms with Crippen LogP contribution in [0.2, 0.25) is 0 Å². The zero-order chi connectivity index (χ0) is 22.3. The molecular formula is C25H33N3O3S. The molecular weight excluding hydrogens is 422 g/mol. The molecule has 2 amide bonds. The van der Waals surface area contributed by atoms with Crippen LogP contribution in [-0.2, 0) is 27.5 Å². The summed E-state index contributed by atoms with van der Waals surface area (Å²) in [4.78, 5) is 32.4. The van der Waals surface area contributed by atoms with Gasteiger partial charge in [0.2, 0.25) is 11.8 Å². The van der Waals surface area contributed by atoms with Gasteiger partial charge in [0.05, 0.1) is 19.3 Å². The first kappa shape index (κ1) is 23.0. The Morgan fingerprint density at radius 1 is 1.03 bits per heavy atom. The summed E-state index contributed by atoms with van der Waals surface area (Å²) in [5.74, 6) is 0.395. The van der Waals surface area contributed by atoms with Crippen LogP contribution < -0.4 is 0 Å². The number of rotatable bonds is 9. The van der Waals surface area contributed by atoms with E-state index >= 15 is 0 Å². The molecule has 32 heavy (non-hydrogen) atoms. The first-order valence-corrected chi connectivity index (χ1v) is 12.4. The number of hydrogen-bond acceptors (Lipinski definition) is 5. The van der Waals surface area contributed by atoms with Crippen LogP contribution in [0.25, 0.3) is 0 Å². The maximum atomic E-state index is 13.1. The summed E-state index contributed by atoms with van der Waals surface area (Å²) >= 11 is 1.75. The minimum absolute atomic E-state index is 0.0460. The van der Waals surface area contributed by atoms with Crippen molar-refractivity contribution in [1.29, 1.82) is 0 Å². The molecule has 1 aromatic carbocycles. The van der Waals surface area contributed by atoms with Crippen molar-refractivity contribution in [2.24, 2.45) is 0 Å². The van der Waals surface area contributed by atoms with Crippen molar-refractivity contribution in [2.45, 2.75) is 45.4 Å². The van der Waals surface area contributed by atoms with Crippen molar-refractivity contribution in [2.75, 3.05) is 39.3 Å². The lowest BCUT2D eigenvalue weighted by Crippen LogP contribution is -2.39. The number of nitrogens with zero attached hydrogens (tertiary/aromatic N) is 3. The highest BCUT2D eigenvalue weighted by Gasteiger charge is 2.29. The normalized spacial score (nSPS) is 20.2. The summed E-state index contributed by atoms with van der Waals surface area (Å²) in [7, 11) is 0. The van der Waals surface area contributed by atoms with E-state index < -0.39 is 0 Å². The number of thiophene rings is 1. The van der Waals surface area contributed by atoms with Crippen molar-refractivity contribution in [3.05, 3.63) is 57.8 Å². The number of ether oxygens (including phenoxy) is 1. The lowest BCUT2D eigenvalue weighted by atomic mass is 10.2. The maximum Gasteiger partial charge on any atom is 0.236 e. The van der Waals surface area contributed by atoms with Crippen molar-refractivity contribution in [3.63, 3.8) is 0 Å². The largest absolute Gasteiger partial charge is 0.370 e. The second-order valence-electron chi connectivity index (χ2n) is 8.79. The zero-order valence-electron chi connectivity index (χ0n) is 18.9. The second kappa shape index (κ2) is 11.1. The Labute approximate surface area is 194 Å². The number of amides is 2. The summed E-state index contributed by atoms with van der Waals surface area (Å²) in [6.07, 6.45) is 2.38. The van der Waals surface area contributed by atoms with Crippen molar-refractivity contribution in [3.8, 4) is 0 Å². The van der Waals surface area contributed by atoms with Gasteiger partial charge in [-0.25, -0.2) is 0 Å². The van der Waals surface area contributed by atoms with Gasteiger partial charge in [-0.15, -0.1) is 11.3 Å². The average Bonchev–Trinajstić information content (AvgIpc) is 3.35. The number of benzene rings is 1. The van der Waals surface area contributed by atoms with Gasteiger partial charge in [0.25, 0.3) is 0 Å². The Balaban J connectivity index is 1.39. The number of likely N-dealkylation sites (tertiary alicyclic amines) is 1. The second-order valence-corrected chi connectivity index (χ2v) is 9.79. The third-order valence-corrected chi connectivity index (χ3v) is 7.30. The Bertz CT molecular complexity index is 901. The average molecular weight is 456 g/mol. The van der Waals surface area contributed by atoms with Crippen LogP contribution in [0.4, 0.5) is 0 Å². The van der Waals surface area contributed by atoms with Crippen molar-refractivity contribution < 1.29 is 14.3 Å². The molecule has 0 aliphatic carbocycles. The van der Waals surface area contributed by atoms with Gasteiger partial charge in [0.15, 0.2) is 0 Å². The molecule has 172 valence electrons. The van der Waals surface area contributed by atoms with Gasteiger partial charge in [0.1, 0.15) is 0 Å². The lowest BCUT2D eigenvalue weighted by Gasteiger charge is -2.26. The molecule has 3 heterocycles. The first-order valence-electron chi connectivity index (χ1n) is 11.5. The quantitative estimate of drug-likeness (QED) is 0.582. The molecule has 0 saturated carbocycles. The Morgan fingerprint density at radius 3 is 2.56 bits per heavy atom. The molecule has 6 nitrogen and oxygen atoms in total. The van der Waals surface area contributed by atoms with Crippen molar-refractivity contribution >= 4 is 23.2 Å². The van der Waals surface area contributed by atoms with E-state index in [0.29, 0.717) is 32.7 Å². The molecule has 1 aromatic heterocycles. The standard InChI is InChI=1S/C25H33N3O3S/c1-20-10-14-32-23(20)17-26-15-22(31-19-21-7-3-2-4-8-21)16-28(25(30)18-26)13-6-12-27-11-5-9-24(27)29/h2-4,7-8,10,14,22H,5-6,9,11-13,15-19H2,1H3. The monoisotopic (exact) mass is 455 g/mol. The summed E-state index contributed by atoms with van der Waals surface area (Å²) in [5.41, 5.74) is 2.42. The van der Waals surface area contributed by atoms with Gasteiger partial charge in [-0.05, 0) is 42.3 Å². The highest BCUT2D eigenvalue weighted by atomic mass is 32.1. The molecule has 1 atom stereocenters. The predicted octanol–water partition coefficient (Wildman–Crippen LogP) is 3.30. The van der Waals surface area contributed by atoms with Crippen molar-refractivity contribution in [1.82, 2.24) is 14.7 Å².